The minimum absolute atomic E-state index is 0.00423. The standard InChI is InChI=1S/C24H30N4O3/c1-16-25-22(31-26-16)17-11-13-27(14-12-17)24(30)21-15-19-9-5-6-10-20(19)28(21)23(29)18-7-3-2-4-8-18/h2-4,7-8,17,19-21H,5-6,9-15H2,1H3. The van der Waals surface area contributed by atoms with Crippen LogP contribution < -0.4 is 0 Å². The minimum Gasteiger partial charge on any atom is -0.341 e. The van der Waals surface area contributed by atoms with E-state index in [1.165, 1.54) is 6.42 Å². The molecule has 3 aliphatic rings. The van der Waals surface area contributed by atoms with Crippen LogP contribution in [0.1, 0.15) is 72.9 Å². The predicted octanol–water partition coefficient (Wildman–Crippen LogP) is 3.56. The highest BCUT2D eigenvalue weighted by Gasteiger charge is 2.48. The molecular formula is C24H30N4O3. The molecule has 0 spiro atoms. The van der Waals surface area contributed by atoms with Gasteiger partial charge in [0.25, 0.3) is 5.91 Å². The number of likely N-dealkylation sites (tertiary alicyclic amines) is 2. The van der Waals surface area contributed by atoms with Crippen LogP contribution in [0, 0.1) is 12.8 Å². The molecule has 3 unspecified atom stereocenters. The van der Waals surface area contributed by atoms with Crippen LogP contribution in [0.25, 0.3) is 0 Å². The molecule has 7 heteroatoms. The summed E-state index contributed by atoms with van der Waals surface area (Å²) < 4.78 is 5.34. The van der Waals surface area contributed by atoms with Crippen molar-refractivity contribution < 1.29 is 14.1 Å². The van der Waals surface area contributed by atoms with Gasteiger partial charge < -0.3 is 14.3 Å². The molecule has 1 aromatic carbocycles. The molecule has 1 saturated carbocycles. The summed E-state index contributed by atoms with van der Waals surface area (Å²) in [4.78, 5) is 35.3. The lowest BCUT2D eigenvalue weighted by Crippen LogP contribution is -2.52. The van der Waals surface area contributed by atoms with Gasteiger partial charge >= 0.3 is 0 Å². The first kappa shape index (κ1) is 20.2. The van der Waals surface area contributed by atoms with Crippen molar-refractivity contribution in [3.8, 4) is 0 Å². The molecule has 0 bridgehead atoms. The Morgan fingerprint density at radius 1 is 1.03 bits per heavy atom. The molecule has 2 aliphatic heterocycles. The monoisotopic (exact) mass is 422 g/mol. The fourth-order valence-electron chi connectivity index (χ4n) is 5.74. The summed E-state index contributed by atoms with van der Waals surface area (Å²) in [6, 6.07) is 9.26. The summed E-state index contributed by atoms with van der Waals surface area (Å²) in [5, 5.41) is 3.90. The first-order valence-electron chi connectivity index (χ1n) is 11.6. The maximum Gasteiger partial charge on any atom is 0.254 e. The number of aromatic nitrogens is 2. The molecule has 2 aromatic rings. The molecule has 3 heterocycles. The van der Waals surface area contributed by atoms with Gasteiger partial charge in [0, 0.05) is 30.6 Å². The number of fused-ring (bicyclic) bond motifs is 1. The Hall–Kier alpha value is -2.70. The summed E-state index contributed by atoms with van der Waals surface area (Å²) in [6.07, 6.45) is 6.89. The van der Waals surface area contributed by atoms with E-state index >= 15 is 0 Å². The SMILES string of the molecule is Cc1noc(C2CCN(C(=O)C3CC4CCCCC4N3C(=O)c3ccccc3)CC2)n1. The predicted molar refractivity (Wildman–Crippen MR) is 114 cm³/mol. The topological polar surface area (TPSA) is 79.5 Å². The lowest BCUT2D eigenvalue weighted by Gasteiger charge is -2.37. The fourth-order valence-corrected chi connectivity index (χ4v) is 5.74. The van der Waals surface area contributed by atoms with Crippen molar-refractivity contribution in [2.45, 2.75) is 69.9 Å². The number of hydrogen-bond acceptors (Lipinski definition) is 5. The Labute approximate surface area is 182 Å². The van der Waals surface area contributed by atoms with Gasteiger partial charge in [-0.2, -0.15) is 4.98 Å². The second-order valence-corrected chi connectivity index (χ2v) is 9.22. The fraction of sp³-hybridized carbons (Fsp3) is 0.583. The molecule has 2 amide bonds. The number of carbonyl (C=O) groups is 2. The molecule has 0 N–H and O–H groups in total. The van der Waals surface area contributed by atoms with Crippen LogP contribution >= 0.6 is 0 Å². The van der Waals surface area contributed by atoms with Crippen molar-refractivity contribution in [3.05, 3.63) is 47.6 Å². The van der Waals surface area contributed by atoms with Gasteiger partial charge in [0.15, 0.2) is 5.82 Å². The first-order valence-corrected chi connectivity index (χ1v) is 11.6. The van der Waals surface area contributed by atoms with Crippen LogP contribution in [0.2, 0.25) is 0 Å². The maximum absolute atomic E-state index is 13.6. The van der Waals surface area contributed by atoms with Crippen LogP contribution in [0.15, 0.2) is 34.9 Å². The van der Waals surface area contributed by atoms with Crippen molar-refractivity contribution in [3.63, 3.8) is 0 Å². The van der Waals surface area contributed by atoms with Gasteiger partial charge in [-0.25, -0.2) is 0 Å². The third-order valence-electron chi connectivity index (χ3n) is 7.33. The van der Waals surface area contributed by atoms with Crippen LogP contribution in [0.5, 0.6) is 0 Å². The molecule has 2 saturated heterocycles. The average molecular weight is 423 g/mol. The van der Waals surface area contributed by atoms with Crippen LogP contribution in [-0.4, -0.2) is 56.9 Å². The summed E-state index contributed by atoms with van der Waals surface area (Å²) in [5.41, 5.74) is 0.678. The third-order valence-corrected chi connectivity index (χ3v) is 7.33. The van der Waals surface area contributed by atoms with Crippen molar-refractivity contribution >= 4 is 11.8 Å². The van der Waals surface area contributed by atoms with Crippen molar-refractivity contribution in [1.29, 1.82) is 0 Å². The van der Waals surface area contributed by atoms with Gasteiger partial charge in [0.2, 0.25) is 11.8 Å². The van der Waals surface area contributed by atoms with E-state index in [2.05, 4.69) is 10.1 Å². The van der Waals surface area contributed by atoms with Gasteiger partial charge in [-0.05, 0) is 57.1 Å². The van der Waals surface area contributed by atoms with Crippen LogP contribution in [0.3, 0.4) is 0 Å². The van der Waals surface area contributed by atoms with Gasteiger partial charge in [-0.3, -0.25) is 9.59 Å². The molecule has 1 aromatic heterocycles. The Morgan fingerprint density at radius 3 is 2.48 bits per heavy atom. The molecule has 3 atom stereocenters. The van der Waals surface area contributed by atoms with E-state index in [1.807, 2.05) is 47.1 Å². The highest BCUT2D eigenvalue weighted by Crippen LogP contribution is 2.41. The Kier molecular flexibility index (Phi) is 5.50. The Balaban J connectivity index is 1.32. The summed E-state index contributed by atoms with van der Waals surface area (Å²) in [5.74, 6) is 2.09. The number of hydrogen-bond donors (Lipinski definition) is 0. The molecule has 0 radical (unpaired) electrons. The van der Waals surface area contributed by atoms with E-state index < -0.39 is 0 Å². The van der Waals surface area contributed by atoms with E-state index in [4.69, 9.17) is 4.52 Å². The Bertz CT molecular complexity index is 935. The number of amides is 2. The normalized spacial score (nSPS) is 26.7. The second-order valence-electron chi connectivity index (χ2n) is 9.22. The van der Waals surface area contributed by atoms with Crippen molar-refractivity contribution in [1.82, 2.24) is 19.9 Å². The number of rotatable bonds is 3. The number of aryl methyl sites for hydroxylation is 1. The zero-order valence-corrected chi connectivity index (χ0v) is 18.1. The molecule has 5 rings (SSSR count). The number of nitrogens with zero attached hydrogens (tertiary/aromatic N) is 4. The molecule has 3 fully saturated rings. The summed E-state index contributed by atoms with van der Waals surface area (Å²) in [6.45, 7) is 3.16. The highest BCUT2D eigenvalue weighted by molar-refractivity contribution is 5.98. The van der Waals surface area contributed by atoms with E-state index in [1.54, 1.807) is 0 Å². The maximum atomic E-state index is 13.6. The van der Waals surface area contributed by atoms with E-state index in [0.717, 1.165) is 38.5 Å². The third kappa shape index (κ3) is 3.86. The molecule has 31 heavy (non-hydrogen) atoms. The van der Waals surface area contributed by atoms with Gasteiger partial charge in [-0.1, -0.05) is 36.2 Å². The van der Waals surface area contributed by atoms with Crippen molar-refractivity contribution in [2.24, 2.45) is 5.92 Å². The zero-order valence-electron chi connectivity index (χ0n) is 18.1. The molecular weight excluding hydrogens is 392 g/mol. The highest BCUT2D eigenvalue weighted by atomic mass is 16.5. The molecule has 1 aliphatic carbocycles. The van der Waals surface area contributed by atoms with Gasteiger partial charge in [-0.15, -0.1) is 0 Å². The minimum atomic E-state index is -0.344. The quantitative estimate of drug-likeness (QED) is 0.756. The first-order chi connectivity index (χ1) is 15.1. The van der Waals surface area contributed by atoms with Crippen molar-refractivity contribution in [2.75, 3.05) is 13.1 Å². The average Bonchev–Trinajstić information content (AvgIpc) is 3.42. The van der Waals surface area contributed by atoms with Crippen LogP contribution in [0.4, 0.5) is 0 Å². The van der Waals surface area contributed by atoms with E-state index in [9.17, 15) is 9.59 Å². The van der Waals surface area contributed by atoms with E-state index in [0.29, 0.717) is 36.3 Å². The van der Waals surface area contributed by atoms with E-state index in [-0.39, 0.29) is 29.8 Å². The number of carbonyl (C=O) groups excluding carboxylic acids is 2. The number of piperidine rings is 1. The lowest BCUT2D eigenvalue weighted by molar-refractivity contribution is -0.136. The van der Waals surface area contributed by atoms with Gasteiger partial charge in [0.1, 0.15) is 6.04 Å². The summed E-state index contributed by atoms with van der Waals surface area (Å²) >= 11 is 0. The smallest absolute Gasteiger partial charge is 0.254 e. The number of benzene rings is 1. The molecule has 7 nitrogen and oxygen atoms in total. The summed E-state index contributed by atoms with van der Waals surface area (Å²) in [7, 11) is 0. The molecule has 164 valence electrons. The Morgan fingerprint density at radius 2 is 1.77 bits per heavy atom. The van der Waals surface area contributed by atoms with Gasteiger partial charge in [0.05, 0.1) is 0 Å². The second kappa shape index (κ2) is 8.44. The largest absolute Gasteiger partial charge is 0.341 e. The van der Waals surface area contributed by atoms with Crippen LogP contribution in [-0.2, 0) is 4.79 Å². The lowest BCUT2D eigenvalue weighted by atomic mass is 9.84. The zero-order chi connectivity index (χ0) is 21.4.